The minimum atomic E-state index is 0.175. The van der Waals surface area contributed by atoms with E-state index in [-0.39, 0.29) is 5.91 Å². The van der Waals surface area contributed by atoms with Gasteiger partial charge in [0.25, 0.3) is 5.91 Å². The molecule has 0 aromatic heterocycles. The summed E-state index contributed by atoms with van der Waals surface area (Å²) in [5, 5.41) is 3.41. The first kappa shape index (κ1) is 13.6. The van der Waals surface area contributed by atoms with Crippen LogP contribution in [0.4, 0.5) is 0 Å². The molecule has 108 valence electrons. The fourth-order valence-electron chi connectivity index (χ4n) is 3.12. The van der Waals surface area contributed by atoms with Crippen LogP contribution in [0.2, 0.25) is 0 Å². The van der Waals surface area contributed by atoms with Crippen LogP contribution in [0, 0.1) is 6.92 Å². The van der Waals surface area contributed by atoms with E-state index in [1.54, 1.807) is 0 Å². The zero-order valence-corrected chi connectivity index (χ0v) is 12.1. The van der Waals surface area contributed by atoms with Crippen LogP contribution in [0.1, 0.15) is 22.3 Å². The van der Waals surface area contributed by atoms with Crippen LogP contribution in [0.5, 0.6) is 0 Å². The Morgan fingerprint density at radius 3 is 2.45 bits per heavy atom. The number of carbonyl (C=O) groups is 1. The number of carbonyl (C=O) groups excluding carboxylic acids is 1. The highest BCUT2D eigenvalue weighted by Gasteiger charge is 2.27. The molecule has 1 atom stereocenters. The Morgan fingerprint density at radius 1 is 1.15 bits per heavy atom. The van der Waals surface area contributed by atoms with Crippen molar-refractivity contribution in [3.63, 3.8) is 0 Å². The number of piperazine rings is 1. The van der Waals surface area contributed by atoms with Crippen LogP contribution in [-0.4, -0.2) is 61.0 Å². The first-order valence-corrected chi connectivity index (χ1v) is 7.55. The second-order valence-electron chi connectivity index (χ2n) is 5.84. The van der Waals surface area contributed by atoms with Gasteiger partial charge in [0.15, 0.2) is 0 Å². The van der Waals surface area contributed by atoms with Gasteiger partial charge in [0.1, 0.15) is 0 Å². The Hall–Kier alpha value is -1.39. The molecule has 2 heterocycles. The summed E-state index contributed by atoms with van der Waals surface area (Å²) >= 11 is 0. The molecule has 3 rings (SSSR count). The Kier molecular flexibility index (Phi) is 4.03. The molecule has 0 bridgehead atoms. The van der Waals surface area contributed by atoms with Crippen molar-refractivity contribution in [2.24, 2.45) is 0 Å². The lowest BCUT2D eigenvalue weighted by Crippen LogP contribution is -2.52. The van der Waals surface area contributed by atoms with Gasteiger partial charge in [-0.2, -0.15) is 0 Å². The fourth-order valence-corrected chi connectivity index (χ4v) is 3.12. The van der Waals surface area contributed by atoms with Crippen LogP contribution in [-0.2, 0) is 0 Å². The predicted octanol–water partition coefficient (Wildman–Crippen LogP) is 1.11. The molecule has 4 heteroatoms. The lowest BCUT2D eigenvalue weighted by atomic mass is 10.1. The molecule has 0 radical (unpaired) electrons. The molecule has 4 nitrogen and oxygen atoms in total. The molecule has 1 N–H and O–H groups in total. The van der Waals surface area contributed by atoms with E-state index in [1.807, 2.05) is 36.1 Å². The average Bonchev–Trinajstić information content (AvgIpc) is 3.02. The van der Waals surface area contributed by atoms with E-state index >= 15 is 0 Å². The molecule has 1 unspecified atom stereocenters. The summed E-state index contributed by atoms with van der Waals surface area (Å²) in [6.45, 7) is 7.99. The minimum Gasteiger partial charge on any atom is -0.336 e. The van der Waals surface area contributed by atoms with E-state index in [0.717, 1.165) is 44.8 Å². The molecule has 20 heavy (non-hydrogen) atoms. The summed E-state index contributed by atoms with van der Waals surface area (Å²) < 4.78 is 0. The van der Waals surface area contributed by atoms with Crippen LogP contribution in [0.3, 0.4) is 0 Å². The van der Waals surface area contributed by atoms with Crippen molar-refractivity contribution in [3.05, 3.63) is 35.4 Å². The number of benzene rings is 1. The van der Waals surface area contributed by atoms with E-state index in [9.17, 15) is 4.79 Å². The van der Waals surface area contributed by atoms with Crippen LogP contribution < -0.4 is 5.32 Å². The van der Waals surface area contributed by atoms with E-state index < -0.39 is 0 Å². The van der Waals surface area contributed by atoms with Gasteiger partial charge in [-0.1, -0.05) is 17.7 Å². The predicted molar refractivity (Wildman–Crippen MR) is 79.9 cm³/mol. The third kappa shape index (κ3) is 2.86. The standard InChI is InChI=1S/C16H23N3O/c1-13-2-4-14(5-3-13)16(20)19-10-8-18(9-11-19)15-6-7-17-12-15/h2-5,15,17H,6-12H2,1H3. The lowest BCUT2D eigenvalue weighted by Gasteiger charge is -2.37. The minimum absolute atomic E-state index is 0.175. The van der Waals surface area contributed by atoms with Gasteiger partial charge in [-0.3, -0.25) is 9.69 Å². The quantitative estimate of drug-likeness (QED) is 0.877. The molecular formula is C16H23N3O. The third-order valence-electron chi connectivity index (χ3n) is 4.45. The van der Waals surface area contributed by atoms with Gasteiger partial charge < -0.3 is 10.2 Å². The molecular weight excluding hydrogens is 250 g/mol. The lowest BCUT2D eigenvalue weighted by molar-refractivity contribution is 0.0584. The molecule has 2 fully saturated rings. The zero-order valence-electron chi connectivity index (χ0n) is 12.1. The van der Waals surface area contributed by atoms with E-state index in [0.29, 0.717) is 6.04 Å². The molecule has 0 saturated carbocycles. The second-order valence-corrected chi connectivity index (χ2v) is 5.84. The van der Waals surface area contributed by atoms with Gasteiger partial charge in [0, 0.05) is 44.3 Å². The maximum atomic E-state index is 12.4. The number of amides is 1. The van der Waals surface area contributed by atoms with Crippen molar-refractivity contribution in [1.29, 1.82) is 0 Å². The van der Waals surface area contributed by atoms with Crippen molar-refractivity contribution >= 4 is 5.91 Å². The van der Waals surface area contributed by atoms with Crippen molar-refractivity contribution in [2.45, 2.75) is 19.4 Å². The summed E-state index contributed by atoms with van der Waals surface area (Å²) in [7, 11) is 0. The molecule has 2 aliphatic heterocycles. The highest BCUT2D eigenvalue weighted by Crippen LogP contribution is 2.14. The summed E-state index contributed by atoms with van der Waals surface area (Å²) in [5.74, 6) is 0.175. The number of rotatable bonds is 2. The highest BCUT2D eigenvalue weighted by molar-refractivity contribution is 5.94. The van der Waals surface area contributed by atoms with Crippen LogP contribution >= 0.6 is 0 Å². The van der Waals surface area contributed by atoms with Crippen LogP contribution in [0.15, 0.2) is 24.3 Å². The SMILES string of the molecule is Cc1ccc(C(=O)N2CCN(C3CCNC3)CC2)cc1. The largest absolute Gasteiger partial charge is 0.336 e. The topological polar surface area (TPSA) is 35.6 Å². The normalized spacial score (nSPS) is 24.1. The first-order valence-electron chi connectivity index (χ1n) is 7.55. The molecule has 2 saturated heterocycles. The average molecular weight is 273 g/mol. The summed E-state index contributed by atoms with van der Waals surface area (Å²) in [6, 6.07) is 8.56. The molecule has 0 aliphatic carbocycles. The van der Waals surface area contributed by atoms with E-state index in [2.05, 4.69) is 10.2 Å². The van der Waals surface area contributed by atoms with E-state index in [1.165, 1.54) is 12.0 Å². The van der Waals surface area contributed by atoms with E-state index in [4.69, 9.17) is 0 Å². The Balaban J connectivity index is 1.57. The van der Waals surface area contributed by atoms with Gasteiger partial charge in [-0.25, -0.2) is 0 Å². The highest BCUT2D eigenvalue weighted by atomic mass is 16.2. The molecule has 1 amide bonds. The van der Waals surface area contributed by atoms with Crippen LogP contribution in [0.25, 0.3) is 0 Å². The Labute approximate surface area is 120 Å². The summed E-state index contributed by atoms with van der Waals surface area (Å²) in [5.41, 5.74) is 2.01. The molecule has 1 aromatic carbocycles. The van der Waals surface area contributed by atoms with Crippen molar-refractivity contribution in [2.75, 3.05) is 39.3 Å². The summed E-state index contributed by atoms with van der Waals surface area (Å²) in [4.78, 5) is 17.0. The van der Waals surface area contributed by atoms with Crippen molar-refractivity contribution in [3.8, 4) is 0 Å². The number of nitrogens with one attached hydrogen (secondary N) is 1. The van der Waals surface area contributed by atoms with Gasteiger partial charge >= 0.3 is 0 Å². The maximum Gasteiger partial charge on any atom is 0.253 e. The molecule has 2 aliphatic rings. The van der Waals surface area contributed by atoms with Gasteiger partial charge in [-0.05, 0) is 32.0 Å². The third-order valence-corrected chi connectivity index (χ3v) is 4.45. The van der Waals surface area contributed by atoms with Gasteiger partial charge in [-0.15, -0.1) is 0 Å². The van der Waals surface area contributed by atoms with Crippen molar-refractivity contribution < 1.29 is 4.79 Å². The second kappa shape index (κ2) is 5.94. The monoisotopic (exact) mass is 273 g/mol. The zero-order chi connectivity index (χ0) is 13.9. The number of nitrogens with zero attached hydrogens (tertiary/aromatic N) is 2. The Bertz CT molecular complexity index is 457. The van der Waals surface area contributed by atoms with Crippen molar-refractivity contribution in [1.82, 2.24) is 15.1 Å². The smallest absolute Gasteiger partial charge is 0.253 e. The first-order chi connectivity index (χ1) is 9.74. The number of hydrogen-bond donors (Lipinski definition) is 1. The number of aryl methyl sites for hydroxylation is 1. The molecule has 1 aromatic rings. The molecule has 0 spiro atoms. The maximum absolute atomic E-state index is 12.4. The Morgan fingerprint density at radius 2 is 1.85 bits per heavy atom. The number of hydrogen-bond acceptors (Lipinski definition) is 3. The fraction of sp³-hybridized carbons (Fsp3) is 0.562. The summed E-state index contributed by atoms with van der Waals surface area (Å²) in [6.07, 6.45) is 1.24. The van der Waals surface area contributed by atoms with Gasteiger partial charge in [0.05, 0.1) is 0 Å². The van der Waals surface area contributed by atoms with Gasteiger partial charge in [0.2, 0.25) is 0 Å².